The van der Waals surface area contributed by atoms with Crippen molar-refractivity contribution in [3.8, 4) is 0 Å². The lowest BCUT2D eigenvalue weighted by molar-refractivity contribution is 0.507. The van der Waals surface area contributed by atoms with E-state index >= 15 is 0 Å². The molecule has 108 valence electrons. The van der Waals surface area contributed by atoms with Crippen molar-refractivity contribution in [2.24, 2.45) is 5.92 Å². The molecule has 0 radical (unpaired) electrons. The second-order valence-electron chi connectivity index (χ2n) is 5.39. The molecular weight excluding hydrogens is 277 g/mol. The molecule has 0 saturated heterocycles. The molecule has 1 aromatic carbocycles. The molecule has 0 spiro atoms. The van der Waals surface area contributed by atoms with E-state index in [1.54, 1.807) is 0 Å². The first kappa shape index (κ1) is 16.7. The highest BCUT2D eigenvalue weighted by Gasteiger charge is 2.20. The van der Waals surface area contributed by atoms with Crippen molar-refractivity contribution in [3.05, 3.63) is 28.8 Å². The van der Waals surface area contributed by atoms with Crippen molar-refractivity contribution in [2.75, 3.05) is 11.4 Å². The quantitative estimate of drug-likeness (QED) is 0.581. The van der Waals surface area contributed by atoms with E-state index in [9.17, 15) is 0 Å². The molecule has 19 heavy (non-hydrogen) atoms. The second kappa shape index (κ2) is 8.01. The Bertz CT molecular complexity index is 386. The maximum Gasteiger partial charge on any atom is 0.0509 e. The van der Waals surface area contributed by atoms with E-state index in [4.69, 9.17) is 23.2 Å². The molecule has 1 nitrogen and oxygen atoms in total. The van der Waals surface area contributed by atoms with Crippen LogP contribution in [0.4, 0.5) is 5.69 Å². The molecular formula is C16H25Cl2N. The molecule has 1 aromatic rings. The molecule has 0 fully saturated rings. The number of hydrogen-bond acceptors (Lipinski definition) is 1. The lowest BCUT2D eigenvalue weighted by atomic mass is 10.0. The zero-order chi connectivity index (χ0) is 14.4. The van der Waals surface area contributed by atoms with E-state index in [-0.39, 0.29) is 0 Å². The maximum absolute atomic E-state index is 6.29. The highest BCUT2D eigenvalue weighted by molar-refractivity contribution is 6.32. The predicted molar refractivity (Wildman–Crippen MR) is 87.6 cm³/mol. The number of anilines is 1. The minimum atomic E-state index is 0.462. The van der Waals surface area contributed by atoms with Crippen molar-refractivity contribution in [1.82, 2.24) is 0 Å². The molecule has 0 aliphatic carbocycles. The lowest BCUT2D eigenvalue weighted by Crippen LogP contribution is -2.38. The molecule has 0 aromatic heterocycles. The Hall–Kier alpha value is -0.400. The molecule has 0 heterocycles. The molecule has 0 amide bonds. The highest BCUT2D eigenvalue weighted by atomic mass is 35.5. The van der Waals surface area contributed by atoms with Crippen LogP contribution >= 0.6 is 23.2 Å². The van der Waals surface area contributed by atoms with Crippen molar-refractivity contribution in [2.45, 2.75) is 52.5 Å². The fourth-order valence-corrected chi connectivity index (χ4v) is 3.10. The summed E-state index contributed by atoms with van der Waals surface area (Å²) in [5.74, 6) is 1.08. The molecule has 1 rings (SSSR count). The average molecular weight is 302 g/mol. The topological polar surface area (TPSA) is 3.24 Å². The molecule has 0 aliphatic rings. The summed E-state index contributed by atoms with van der Waals surface area (Å²) in [6.07, 6.45) is 2.27. The van der Waals surface area contributed by atoms with E-state index < -0.39 is 0 Å². The molecule has 3 heteroatoms. The molecule has 0 N–H and O–H groups in total. The number of hydrogen-bond donors (Lipinski definition) is 0. The van der Waals surface area contributed by atoms with Crippen LogP contribution in [0.5, 0.6) is 0 Å². The fourth-order valence-electron chi connectivity index (χ4n) is 2.52. The van der Waals surface area contributed by atoms with Gasteiger partial charge >= 0.3 is 0 Å². The number of rotatable bonds is 7. The Balaban J connectivity index is 3.19. The van der Waals surface area contributed by atoms with Gasteiger partial charge in [0.2, 0.25) is 0 Å². The third-order valence-electron chi connectivity index (χ3n) is 3.48. The predicted octanol–water partition coefficient (Wildman–Crippen LogP) is 5.73. The summed E-state index contributed by atoms with van der Waals surface area (Å²) in [7, 11) is 0. The summed E-state index contributed by atoms with van der Waals surface area (Å²) in [4.78, 5) is 2.48. The van der Waals surface area contributed by atoms with Gasteiger partial charge in [0.25, 0.3) is 0 Å². The van der Waals surface area contributed by atoms with Gasteiger partial charge in [-0.3, -0.25) is 0 Å². The Kier molecular flexibility index (Phi) is 7.02. The van der Waals surface area contributed by atoms with Crippen molar-refractivity contribution in [3.63, 3.8) is 0 Å². The van der Waals surface area contributed by atoms with Crippen LogP contribution in [0.3, 0.4) is 0 Å². The lowest BCUT2D eigenvalue weighted by Gasteiger charge is -2.35. The largest absolute Gasteiger partial charge is 0.368 e. The first-order valence-corrected chi connectivity index (χ1v) is 8.06. The van der Waals surface area contributed by atoms with Crippen LogP contribution in [0.1, 0.15) is 46.1 Å². The summed E-state index contributed by atoms with van der Waals surface area (Å²) in [5.41, 5.74) is 2.25. The van der Waals surface area contributed by atoms with Gasteiger partial charge in [-0.15, -0.1) is 11.6 Å². The zero-order valence-electron chi connectivity index (χ0n) is 12.4. The van der Waals surface area contributed by atoms with E-state index in [1.807, 2.05) is 12.1 Å². The Morgan fingerprint density at radius 3 is 2.26 bits per heavy atom. The van der Waals surface area contributed by atoms with Gasteiger partial charge in [-0.2, -0.15) is 0 Å². The first-order chi connectivity index (χ1) is 9.04. The van der Waals surface area contributed by atoms with Crippen LogP contribution in [0, 0.1) is 5.92 Å². The van der Waals surface area contributed by atoms with Gasteiger partial charge in [-0.1, -0.05) is 45.4 Å². The highest BCUT2D eigenvalue weighted by Crippen LogP contribution is 2.32. The summed E-state index contributed by atoms with van der Waals surface area (Å²) in [6, 6.07) is 6.62. The van der Waals surface area contributed by atoms with E-state index in [0.29, 0.717) is 17.8 Å². The first-order valence-electron chi connectivity index (χ1n) is 7.15. The molecule has 0 bridgehead atoms. The van der Waals surface area contributed by atoms with Crippen LogP contribution in [-0.4, -0.2) is 12.6 Å². The third kappa shape index (κ3) is 4.29. The average Bonchev–Trinajstić information content (AvgIpc) is 2.38. The Morgan fingerprint density at radius 2 is 1.79 bits per heavy atom. The van der Waals surface area contributed by atoms with Gasteiger partial charge in [-0.05, 0) is 30.9 Å². The normalized spacial score (nSPS) is 11.4. The summed E-state index contributed by atoms with van der Waals surface area (Å²) < 4.78 is 0. The minimum absolute atomic E-state index is 0.462. The van der Waals surface area contributed by atoms with Crippen molar-refractivity contribution in [1.29, 1.82) is 0 Å². The van der Waals surface area contributed by atoms with Gasteiger partial charge < -0.3 is 4.90 Å². The summed E-state index contributed by atoms with van der Waals surface area (Å²) >= 11 is 12.4. The number of nitrogens with zero attached hydrogens (tertiary/aromatic N) is 1. The van der Waals surface area contributed by atoms with Gasteiger partial charge in [-0.25, -0.2) is 0 Å². The zero-order valence-corrected chi connectivity index (χ0v) is 13.9. The molecule has 0 aliphatic heterocycles. The standard InChI is InChI=1S/C16H25Cl2N/c1-5-13(6-2)19(11-12(3)4)16-9-7-8-15(18)14(16)10-17/h7-9,12-13H,5-6,10-11H2,1-4H3. The fraction of sp³-hybridized carbons (Fsp3) is 0.625. The van der Waals surface area contributed by atoms with Gasteiger partial charge in [0.05, 0.1) is 5.88 Å². The number of alkyl halides is 1. The van der Waals surface area contributed by atoms with Crippen molar-refractivity contribution < 1.29 is 0 Å². The van der Waals surface area contributed by atoms with E-state index in [2.05, 4.69) is 38.7 Å². The monoisotopic (exact) mass is 301 g/mol. The van der Waals surface area contributed by atoms with Gasteiger partial charge in [0, 0.05) is 28.9 Å². The molecule has 0 atom stereocenters. The van der Waals surface area contributed by atoms with Crippen LogP contribution in [0.15, 0.2) is 18.2 Å². The number of halogens is 2. The van der Waals surface area contributed by atoms with E-state index in [0.717, 1.165) is 30.0 Å². The van der Waals surface area contributed by atoms with Crippen LogP contribution in [0.25, 0.3) is 0 Å². The molecule has 0 unspecified atom stereocenters. The third-order valence-corrected chi connectivity index (χ3v) is 4.10. The van der Waals surface area contributed by atoms with Crippen LogP contribution in [-0.2, 0) is 5.88 Å². The maximum atomic E-state index is 6.29. The molecule has 0 saturated carbocycles. The minimum Gasteiger partial charge on any atom is -0.368 e. The smallest absolute Gasteiger partial charge is 0.0509 e. The Morgan fingerprint density at radius 1 is 1.16 bits per heavy atom. The SMILES string of the molecule is CCC(CC)N(CC(C)C)c1cccc(Cl)c1CCl. The van der Waals surface area contributed by atoms with Crippen LogP contribution < -0.4 is 4.90 Å². The Labute approximate surface area is 127 Å². The van der Waals surface area contributed by atoms with Crippen LogP contribution in [0.2, 0.25) is 5.02 Å². The van der Waals surface area contributed by atoms with Gasteiger partial charge in [0.1, 0.15) is 0 Å². The second-order valence-corrected chi connectivity index (χ2v) is 6.06. The van der Waals surface area contributed by atoms with Gasteiger partial charge in [0.15, 0.2) is 0 Å². The summed E-state index contributed by atoms with van der Waals surface area (Å²) in [5, 5.41) is 0.771. The van der Waals surface area contributed by atoms with E-state index in [1.165, 1.54) is 5.69 Å². The summed E-state index contributed by atoms with van der Waals surface area (Å²) in [6.45, 7) is 10.0. The van der Waals surface area contributed by atoms with Crippen molar-refractivity contribution >= 4 is 28.9 Å². The number of benzene rings is 1.